The van der Waals surface area contributed by atoms with E-state index in [1.807, 2.05) is 20.8 Å². The van der Waals surface area contributed by atoms with E-state index in [0.29, 0.717) is 32.3 Å². The van der Waals surface area contributed by atoms with Gasteiger partial charge in [-0.05, 0) is 40.0 Å². The number of carboxylic acids is 1. The topological polar surface area (TPSA) is 65.0 Å². The van der Waals surface area contributed by atoms with Gasteiger partial charge in [-0.3, -0.25) is 4.79 Å². The lowest BCUT2D eigenvalue weighted by atomic mass is 9.96. The van der Waals surface area contributed by atoms with E-state index < -0.39 is 14.8 Å². The summed E-state index contributed by atoms with van der Waals surface area (Å²) in [6.45, 7) is 9.82. The summed E-state index contributed by atoms with van der Waals surface area (Å²) in [7, 11) is -2.66. The average Bonchev–Trinajstić information content (AvgIpc) is 2.78. The Labute approximate surface area is 206 Å². The van der Waals surface area contributed by atoms with Crippen molar-refractivity contribution < 1.29 is 23.2 Å². The zero-order chi connectivity index (χ0) is 24.6. The van der Waals surface area contributed by atoms with E-state index in [1.54, 1.807) is 0 Å². The third-order valence-electron chi connectivity index (χ3n) is 6.38. The van der Waals surface area contributed by atoms with Crippen LogP contribution in [0.3, 0.4) is 0 Å². The Morgan fingerprint density at radius 1 is 0.606 bits per heavy atom. The van der Waals surface area contributed by atoms with Crippen LogP contribution in [0.15, 0.2) is 0 Å². The van der Waals surface area contributed by atoms with Gasteiger partial charge in [-0.1, -0.05) is 96.8 Å². The van der Waals surface area contributed by atoms with E-state index in [4.69, 9.17) is 13.3 Å². The van der Waals surface area contributed by atoms with Crippen molar-refractivity contribution in [3.8, 4) is 0 Å². The average molecular weight is 489 g/mol. The molecule has 0 aliphatic carbocycles. The van der Waals surface area contributed by atoms with Crippen molar-refractivity contribution in [2.24, 2.45) is 5.92 Å². The van der Waals surface area contributed by atoms with Gasteiger partial charge < -0.3 is 18.4 Å². The number of hydrogen-bond acceptors (Lipinski definition) is 4. The van der Waals surface area contributed by atoms with Crippen LogP contribution in [-0.4, -0.2) is 39.7 Å². The van der Waals surface area contributed by atoms with Crippen molar-refractivity contribution in [1.82, 2.24) is 0 Å². The highest BCUT2D eigenvalue weighted by molar-refractivity contribution is 6.60. The zero-order valence-corrected chi connectivity index (χ0v) is 23.5. The Hall–Kier alpha value is -0.433. The Morgan fingerprint density at radius 2 is 0.970 bits per heavy atom. The number of aliphatic carboxylic acids is 1. The predicted molar refractivity (Wildman–Crippen MR) is 141 cm³/mol. The van der Waals surface area contributed by atoms with Gasteiger partial charge in [0, 0.05) is 25.9 Å². The van der Waals surface area contributed by atoms with Crippen LogP contribution in [0.4, 0.5) is 0 Å². The van der Waals surface area contributed by atoms with Crippen LogP contribution >= 0.6 is 0 Å². The first-order chi connectivity index (χ1) is 16.0. The SMILES string of the molecule is CCCCCCCCCCCCCCCCC(CCC[Si](OCC)(OCC)OCC)C(=O)O. The molecule has 0 heterocycles. The fourth-order valence-electron chi connectivity index (χ4n) is 4.54. The summed E-state index contributed by atoms with van der Waals surface area (Å²) in [5.74, 6) is -0.930. The summed E-state index contributed by atoms with van der Waals surface area (Å²) >= 11 is 0. The molecule has 0 aliphatic rings. The second-order valence-corrected chi connectivity index (χ2v) is 12.0. The second kappa shape index (κ2) is 23.3. The lowest BCUT2D eigenvalue weighted by Gasteiger charge is -2.28. The maximum absolute atomic E-state index is 11.7. The molecule has 0 aromatic rings. The molecule has 0 aliphatic heterocycles. The molecule has 0 saturated heterocycles. The van der Waals surface area contributed by atoms with Crippen LogP contribution in [0.1, 0.15) is 137 Å². The quantitative estimate of drug-likeness (QED) is 0.0978. The minimum Gasteiger partial charge on any atom is -0.481 e. The van der Waals surface area contributed by atoms with Crippen molar-refractivity contribution in [3.05, 3.63) is 0 Å². The summed E-state index contributed by atoms with van der Waals surface area (Å²) in [5, 5.41) is 9.63. The van der Waals surface area contributed by atoms with Crippen molar-refractivity contribution in [1.29, 1.82) is 0 Å². The summed E-state index contributed by atoms with van der Waals surface area (Å²) < 4.78 is 17.7. The molecule has 0 saturated carbocycles. The van der Waals surface area contributed by atoms with Gasteiger partial charge in [0.2, 0.25) is 0 Å². The number of carbonyl (C=O) groups is 1. The molecule has 198 valence electrons. The van der Waals surface area contributed by atoms with Crippen LogP contribution in [0.25, 0.3) is 0 Å². The first-order valence-electron chi connectivity index (χ1n) is 14.2. The highest BCUT2D eigenvalue weighted by Gasteiger charge is 2.40. The second-order valence-electron chi connectivity index (χ2n) is 9.29. The molecule has 1 unspecified atom stereocenters. The Morgan fingerprint density at radius 3 is 1.33 bits per heavy atom. The normalized spacial score (nSPS) is 12.8. The number of carboxylic acid groups (broad SMARTS) is 1. The van der Waals surface area contributed by atoms with Gasteiger partial charge in [0.15, 0.2) is 0 Å². The van der Waals surface area contributed by atoms with Crippen LogP contribution in [0.2, 0.25) is 6.04 Å². The van der Waals surface area contributed by atoms with Crippen molar-refractivity contribution in [2.45, 2.75) is 143 Å². The Balaban J connectivity index is 3.88. The van der Waals surface area contributed by atoms with Crippen molar-refractivity contribution >= 4 is 14.8 Å². The Bertz CT molecular complexity index is 416. The summed E-state index contributed by atoms with van der Waals surface area (Å²) in [6.07, 6.45) is 20.8. The first kappa shape index (κ1) is 32.6. The highest BCUT2D eigenvalue weighted by atomic mass is 28.4. The molecule has 0 amide bonds. The van der Waals surface area contributed by atoms with Gasteiger partial charge in [0.05, 0.1) is 5.92 Å². The maximum atomic E-state index is 11.7. The monoisotopic (exact) mass is 488 g/mol. The smallest absolute Gasteiger partial charge is 0.481 e. The summed E-state index contributed by atoms with van der Waals surface area (Å²) in [4.78, 5) is 11.7. The number of hydrogen-bond donors (Lipinski definition) is 1. The molecule has 6 heteroatoms. The van der Waals surface area contributed by atoms with Gasteiger partial charge in [-0.25, -0.2) is 0 Å². The minimum absolute atomic E-state index is 0.265. The van der Waals surface area contributed by atoms with E-state index in [2.05, 4.69) is 6.92 Å². The van der Waals surface area contributed by atoms with Gasteiger partial charge in [0.1, 0.15) is 0 Å². The van der Waals surface area contributed by atoms with E-state index in [1.165, 1.54) is 77.0 Å². The van der Waals surface area contributed by atoms with E-state index in [9.17, 15) is 9.90 Å². The first-order valence-corrected chi connectivity index (χ1v) is 16.1. The third-order valence-corrected chi connectivity index (χ3v) is 9.54. The molecule has 33 heavy (non-hydrogen) atoms. The van der Waals surface area contributed by atoms with Crippen LogP contribution < -0.4 is 0 Å². The van der Waals surface area contributed by atoms with Gasteiger partial charge in [0.25, 0.3) is 0 Å². The number of rotatable bonds is 26. The minimum atomic E-state index is -2.66. The molecule has 0 rings (SSSR count). The van der Waals surface area contributed by atoms with E-state index >= 15 is 0 Å². The predicted octanol–water partition coefficient (Wildman–Crippen LogP) is 8.39. The van der Waals surface area contributed by atoms with E-state index in [0.717, 1.165) is 25.7 Å². The molecular formula is C27H56O5Si. The largest absolute Gasteiger partial charge is 0.500 e. The lowest BCUT2D eigenvalue weighted by Crippen LogP contribution is -2.46. The van der Waals surface area contributed by atoms with E-state index in [-0.39, 0.29) is 5.92 Å². The van der Waals surface area contributed by atoms with Crippen molar-refractivity contribution in [2.75, 3.05) is 19.8 Å². The molecule has 0 aromatic heterocycles. The van der Waals surface area contributed by atoms with Crippen molar-refractivity contribution in [3.63, 3.8) is 0 Å². The number of unbranched alkanes of at least 4 members (excludes halogenated alkanes) is 13. The lowest BCUT2D eigenvalue weighted by molar-refractivity contribution is -0.142. The van der Waals surface area contributed by atoms with Crippen LogP contribution in [0, 0.1) is 5.92 Å². The van der Waals surface area contributed by atoms with Gasteiger partial charge in [-0.2, -0.15) is 0 Å². The zero-order valence-electron chi connectivity index (χ0n) is 22.5. The van der Waals surface area contributed by atoms with Crippen LogP contribution in [-0.2, 0) is 18.1 Å². The van der Waals surface area contributed by atoms with Gasteiger partial charge >= 0.3 is 14.8 Å². The molecule has 0 radical (unpaired) electrons. The molecule has 1 N–H and O–H groups in total. The maximum Gasteiger partial charge on any atom is 0.500 e. The summed E-state index contributed by atoms with van der Waals surface area (Å²) in [5.41, 5.74) is 0. The molecule has 0 bridgehead atoms. The molecule has 1 atom stereocenters. The standard InChI is InChI=1S/C27H56O5Si/c1-5-9-10-11-12-13-14-15-16-17-18-19-20-21-23-26(27(28)29)24-22-25-33(30-6-2,31-7-3)32-8-4/h26H,5-25H2,1-4H3,(H,28,29). The molecule has 5 nitrogen and oxygen atoms in total. The molecule has 0 fully saturated rings. The highest BCUT2D eigenvalue weighted by Crippen LogP contribution is 2.24. The van der Waals surface area contributed by atoms with Crippen LogP contribution in [0.5, 0.6) is 0 Å². The fraction of sp³-hybridized carbons (Fsp3) is 0.963. The molecule has 0 spiro atoms. The van der Waals surface area contributed by atoms with Gasteiger partial charge in [-0.15, -0.1) is 0 Å². The summed E-state index contributed by atoms with van der Waals surface area (Å²) in [6, 6.07) is 0.699. The molecule has 0 aromatic carbocycles. The molecular weight excluding hydrogens is 432 g/mol. The Kier molecular flexibility index (Phi) is 23.0. The third kappa shape index (κ3) is 18.6. The fourth-order valence-corrected chi connectivity index (χ4v) is 7.18.